The number of piperidine rings is 1. The summed E-state index contributed by atoms with van der Waals surface area (Å²) >= 11 is 0. The Morgan fingerprint density at radius 2 is 1.95 bits per heavy atom. The molecule has 1 saturated heterocycles. The highest BCUT2D eigenvalue weighted by Crippen LogP contribution is 2.37. The average molecular weight is 318 g/mol. The third-order valence-electron chi connectivity index (χ3n) is 3.96. The van der Waals surface area contributed by atoms with Crippen molar-refractivity contribution in [3.8, 4) is 5.75 Å². The van der Waals surface area contributed by atoms with Gasteiger partial charge in [0, 0.05) is 13.7 Å². The van der Waals surface area contributed by atoms with Crippen LogP contribution in [0.4, 0.5) is 18.9 Å². The molecule has 1 heterocycles. The Hall–Kier alpha value is -1.47. The summed E-state index contributed by atoms with van der Waals surface area (Å²) in [5.74, 6) is -0.151. The molecule has 0 aromatic heterocycles. The van der Waals surface area contributed by atoms with Gasteiger partial charge in [-0.2, -0.15) is 0 Å². The van der Waals surface area contributed by atoms with E-state index in [4.69, 9.17) is 10.5 Å². The molecule has 0 bridgehead atoms. The Labute approximate surface area is 128 Å². The minimum atomic E-state index is -4.73. The maximum atomic E-state index is 12.4. The third kappa shape index (κ3) is 4.51. The fraction of sp³-hybridized carbons (Fsp3) is 0.600. The largest absolute Gasteiger partial charge is 0.573 e. The summed E-state index contributed by atoms with van der Waals surface area (Å²) in [6, 6.07) is 4.60. The van der Waals surface area contributed by atoms with Crippen LogP contribution in [0, 0.1) is 0 Å². The second kappa shape index (κ2) is 7.19. The molecule has 0 atom stereocenters. The Kier molecular flexibility index (Phi) is 5.52. The third-order valence-corrected chi connectivity index (χ3v) is 3.96. The van der Waals surface area contributed by atoms with Crippen molar-refractivity contribution in [1.82, 2.24) is 4.90 Å². The van der Waals surface area contributed by atoms with Crippen LogP contribution in [0.1, 0.15) is 24.3 Å². The lowest BCUT2D eigenvalue weighted by Gasteiger charge is -2.32. The maximum absolute atomic E-state index is 12.4. The van der Waals surface area contributed by atoms with E-state index in [1.54, 1.807) is 19.2 Å². The molecule has 1 aliphatic heterocycles. The van der Waals surface area contributed by atoms with Gasteiger partial charge >= 0.3 is 6.36 Å². The Balaban J connectivity index is 2.03. The molecule has 0 radical (unpaired) electrons. The number of nitrogens with two attached hydrogens (primary N) is 1. The number of ether oxygens (including phenoxy) is 2. The normalized spacial score (nSPS) is 17.6. The smallest absolute Gasteiger partial charge is 0.404 e. The van der Waals surface area contributed by atoms with Gasteiger partial charge in [-0.3, -0.25) is 0 Å². The molecule has 7 heteroatoms. The van der Waals surface area contributed by atoms with Crippen LogP contribution in [0.15, 0.2) is 18.2 Å². The zero-order valence-corrected chi connectivity index (χ0v) is 12.5. The molecule has 2 rings (SSSR count). The van der Waals surface area contributed by atoms with E-state index in [1.807, 2.05) is 0 Å². The predicted octanol–water partition coefficient (Wildman–Crippen LogP) is 2.99. The fourth-order valence-corrected chi connectivity index (χ4v) is 2.82. The van der Waals surface area contributed by atoms with Gasteiger partial charge in [0.15, 0.2) is 5.75 Å². The molecular weight excluding hydrogens is 297 g/mol. The van der Waals surface area contributed by atoms with Gasteiger partial charge in [-0.15, -0.1) is 13.2 Å². The number of methoxy groups -OCH3 is 1. The summed E-state index contributed by atoms with van der Waals surface area (Å²) in [5.41, 5.74) is 6.71. The van der Waals surface area contributed by atoms with Crippen molar-refractivity contribution in [2.75, 3.05) is 39.1 Å². The number of halogens is 3. The van der Waals surface area contributed by atoms with Gasteiger partial charge in [0.2, 0.25) is 0 Å². The van der Waals surface area contributed by atoms with E-state index in [-0.39, 0.29) is 17.4 Å². The lowest BCUT2D eigenvalue weighted by molar-refractivity contribution is -0.274. The van der Waals surface area contributed by atoms with Crippen LogP contribution in [-0.2, 0) is 4.74 Å². The molecule has 124 valence electrons. The van der Waals surface area contributed by atoms with E-state index in [1.165, 1.54) is 6.07 Å². The Morgan fingerprint density at radius 1 is 1.27 bits per heavy atom. The number of anilines is 1. The molecule has 4 nitrogen and oxygen atoms in total. The topological polar surface area (TPSA) is 47.7 Å². The van der Waals surface area contributed by atoms with Gasteiger partial charge in [0.25, 0.3) is 0 Å². The van der Waals surface area contributed by atoms with Crippen molar-refractivity contribution in [3.63, 3.8) is 0 Å². The van der Waals surface area contributed by atoms with Gasteiger partial charge in [0.05, 0.1) is 12.3 Å². The van der Waals surface area contributed by atoms with Crippen LogP contribution in [0.25, 0.3) is 0 Å². The molecule has 1 aliphatic rings. The number of nitrogen functional groups attached to an aromatic ring is 1. The number of likely N-dealkylation sites (tertiary alicyclic amines) is 1. The van der Waals surface area contributed by atoms with Crippen molar-refractivity contribution in [2.45, 2.75) is 25.1 Å². The van der Waals surface area contributed by atoms with Crippen LogP contribution >= 0.6 is 0 Å². The minimum absolute atomic E-state index is 0.0927. The van der Waals surface area contributed by atoms with Crippen LogP contribution in [0.5, 0.6) is 5.75 Å². The first kappa shape index (κ1) is 16.9. The molecule has 1 fully saturated rings. The molecule has 2 N–H and O–H groups in total. The van der Waals surface area contributed by atoms with Crippen molar-refractivity contribution in [1.29, 1.82) is 0 Å². The summed E-state index contributed by atoms with van der Waals surface area (Å²) in [5, 5.41) is 0. The van der Waals surface area contributed by atoms with Crippen LogP contribution in [0.2, 0.25) is 0 Å². The van der Waals surface area contributed by atoms with Crippen molar-refractivity contribution < 1.29 is 22.6 Å². The fourth-order valence-electron chi connectivity index (χ4n) is 2.82. The number of hydrogen-bond acceptors (Lipinski definition) is 4. The van der Waals surface area contributed by atoms with Crippen LogP contribution < -0.4 is 10.5 Å². The first-order valence-electron chi connectivity index (χ1n) is 7.26. The second-order valence-electron chi connectivity index (χ2n) is 5.42. The molecule has 0 unspecified atom stereocenters. The van der Waals surface area contributed by atoms with E-state index in [9.17, 15) is 13.2 Å². The molecule has 0 amide bonds. The lowest BCUT2D eigenvalue weighted by Crippen LogP contribution is -2.35. The highest BCUT2D eigenvalue weighted by Gasteiger charge is 2.33. The predicted molar refractivity (Wildman–Crippen MR) is 77.8 cm³/mol. The highest BCUT2D eigenvalue weighted by atomic mass is 19.4. The highest BCUT2D eigenvalue weighted by molar-refractivity contribution is 5.59. The molecular formula is C15H21F3N2O2. The van der Waals surface area contributed by atoms with Crippen molar-refractivity contribution >= 4 is 5.69 Å². The van der Waals surface area contributed by atoms with E-state index in [0.717, 1.165) is 38.0 Å². The number of para-hydroxylation sites is 1. The number of hydrogen-bond donors (Lipinski definition) is 1. The SMILES string of the molecule is COCCN1CCC(c2cccc(OC(F)(F)F)c2N)CC1. The standard InChI is InChI=1S/C15H21F3N2O2/c1-21-10-9-20-7-5-11(6-8-20)12-3-2-4-13(14(12)19)22-15(16,17)18/h2-4,11H,5-10,19H2,1H3. The summed E-state index contributed by atoms with van der Waals surface area (Å²) in [6.45, 7) is 3.33. The van der Waals surface area contributed by atoms with E-state index in [2.05, 4.69) is 9.64 Å². The number of nitrogens with zero attached hydrogens (tertiary/aromatic N) is 1. The number of benzene rings is 1. The van der Waals surface area contributed by atoms with E-state index in [0.29, 0.717) is 6.61 Å². The summed E-state index contributed by atoms with van der Waals surface area (Å²) < 4.78 is 46.1. The first-order chi connectivity index (χ1) is 10.4. The summed E-state index contributed by atoms with van der Waals surface area (Å²) in [6.07, 6.45) is -3.00. The molecule has 22 heavy (non-hydrogen) atoms. The zero-order valence-electron chi connectivity index (χ0n) is 12.5. The van der Waals surface area contributed by atoms with Crippen LogP contribution in [-0.4, -0.2) is 44.6 Å². The Morgan fingerprint density at radius 3 is 2.55 bits per heavy atom. The first-order valence-corrected chi connectivity index (χ1v) is 7.26. The van der Waals surface area contributed by atoms with Crippen LogP contribution in [0.3, 0.4) is 0 Å². The second-order valence-corrected chi connectivity index (χ2v) is 5.42. The van der Waals surface area contributed by atoms with Crippen molar-refractivity contribution in [2.24, 2.45) is 0 Å². The Bertz CT molecular complexity index is 486. The molecule has 0 saturated carbocycles. The molecule has 0 aliphatic carbocycles. The minimum Gasteiger partial charge on any atom is -0.404 e. The quantitative estimate of drug-likeness (QED) is 0.848. The molecule has 0 spiro atoms. The van der Waals surface area contributed by atoms with Gasteiger partial charge in [-0.25, -0.2) is 0 Å². The summed E-state index contributed by atoms with van der Waals surface area (Å²) in [4.78, 5) is 2.28. The number of alkyl halides is 3. The van der Waals surface area contributed by atoms with Crippen molar-refractivity contribution in [3.05, 3.63) is 23.8 Å². The summed E-state index contributed by atoms with van der Waals surface area (Å²) in [7, 11) is 1.67. The van der Waals surface area contributed by atoms with Gasteiger partial charge < -0.3 is 20.1 Å². The maximum Gasteiger partial charge on any atom is 0.573 e. The number of rotatable bonds is 5. The van der Waals surface area contributed by atoms with E-state index < -0.39 is 6.36 Å². The molecule has 1 aromatic rings. The van der Waals surface area contributed by atoms with E-state index >= 15 is 0 Å². The monoisotopic (exact) mass is 318 g/mol. The van der Waals surface area contributed by atoms with Gasteiger partial charge in [0.1, 0.15) is 0 Å². The molecule has 1 aromatic carbocycles. The van der Waals surface area contributed by atoms with Gasteiger partial charge in [-0.05, 0) is 43.5 Å². The van der Waals surface area contributed by atoms with Gasteiger partial charge in [-0.1, -0.05) is 12.1 Å². The average Bonchev–Trinajstić information content (AvgIpc) is 2.47. The lowest BCUT2D eigenvalue weighted by atomic mass is 9.88. The zero-order chi connectivity index (χ0) is 16.2.